The van der Waals surface area contributed by atoms with Crippen LogP contribution in [0.15, 0.2) is 27.1 Å². The van der Waals surface area contributed by atoms with E-state index in [-0.39, 0.29) is 17.9 Å². The maximum absolute atomic E-state index is 12.1. The molecule has 2 unspecified atom stereocenters. The maximum atomic E-state index is 12.1. The largest absolute Gasteiger partial charge is 0.481 e. The summed E-state index contributed by atoms with van der Waals surface area (Å²) in [6, 6.07) is 5.33. The van der Waals surface area contributed by atoms with Crippen molar-refractivity contribution < 1.29 is 14.7 Å². The Morgan fingerprint density at radius 3 is 2.63 bits per heavy atom. The second-order valence-electron chi connectivity index (χ2n) is 4.64. The topological polar surface area (TPSA) is 66.4 Å². The standard InChI is InChI=1S/C13H13Br2NO3/c14-8-2-4-11(15)10(6-8)12(17)16-9-3-1-7(5-9)13(18)19/h2,4,6-7,9H,1,3,5H2,(H,16,17)(H,18,19). The summed E-state index contributed by atoms with van der Waals surface area (Å²) >= 11 is 6.67. The van der Waals surface area contributed by atoms with Gasteiger partial charge in [0.1, 0.15) is 0 Å². The average molecular weight is 391 g/mol. The van der Waals surface area contributed by atoms with Crippen LogP contribution in [0.25, 0.3) is 0 Å². The molecule has 2 N–H and O–H groups in total. The highest BCUT2D eigenvalue weighted by Crippen LogP contribution is 2.27. The molecule has 1 aromatic rings. The van der Waals surface area contributed by atoms with E-state index in [0.717, 1.165) is 8.95 Å². The van der Waals surface area contributed by atoms with Gasteiger partial charge in [0.15, 0.2) is 0 Å². The number of hydrogen-bond acceptors (Lipinski definition) is 2. The second-order valence-corrected chi connectivity index (χ2v) is 6.41. The van der Waals surface area contributed by atoms with Gasteiger partial charge in [-0.15, -0.1) is 0 Å². The third-order valence-corrected chi connectivity index (χ3v) is 4.47. The normalized spacial score (nSPS) is 22.2. The number of carbonyl (C=O) groups excluding carboxylic acids is 1. The van der Waals surface area contributed by atoms with E-state index in [1.165, 1.54) is 0 Å². The van der Waals surface area contributed by atoms with E-state index in [4.69, 9.17) is 5.11 Å². The van der Waals surface area contributed by atoms with Crippen molar-refractivity contribution in [3.63, 3.8) is 0 Å². The van der Waals surface area contributed by atoms with Crippen molar-refractivity contribution in [2.45, 2.75) is 25.3 Å². The number of carboxylic acid groups (broad SMARTS) is 1. The summed E-state index contributed by atoms with van der Waals surface area (Å²) in [5.41, 5.74) is 0.549. The number of hydrogen-bond donors (Lipinski definition) is 2. The van der Waals surface area contributed by atoms with Gasteiger partial charge in [0.25, 0.3) is 5.91 Å². The van der Waals surface area contributed by atoms with Crippen molar-refractivity contribution in [3.05, 3.63) is 32.7 Å². The Balaban J connectivity index is 2.02. The summed E-state index contributed by atoms with van der Waals surface area (Å²) in [5.74, 6) is -1.29. The lowest BCUT2D eigenvalue weighted by Gasteiger charge is -2.13. The van der Waals surface area contributed by atoms with Gasteiger partial charge in [0.05, 0.1) is 11.5 Å². The van der Waals surface area contributed by atoms with Crippen molar-refractivity contribution in [2.24, 2.45) is 5.92 Å². The highest BCUT2D eigenvalue weighted by atomic mass is 79.9. The summed E-state index contributed by atoms with van der Waals surface area (Å²) in [4.78, 5) is 23.0. The fourth-order valence-electron chi connectivity index (χ4n) is 2.27. The van der Waals surface area contributed by atoms with Gasteiger partial charge in [0.2, 0.25) is 0 Å². The zero-order valence-corrected chi connectivity index (χ0v) is 13.2. The molecule has 2 atom stereocenters. The fraction of sp³-hybridized carbons (Fsp3) is 0.385. The number of nitrogens with one attached hydrogen (secondary N) is 1. The van der Waals surface area contributed by atoms with Gasteiger partial charge < -0.3 is 10.4 Å². The van der Waals surface area contributed by atoms with Crippen molar-refractivity contribution in [2.75, 3.05) is 0 Å². The van der Waals surface area contributed by atoms with Crippen LogP contribution in [-0.4, -0.2) is 23.0 Å². The lowest BCUT2D eigenvalue weighted by molar-refractivity contribution is -0.141. The Hall–Kier alpha value is -0.880. The summed E-state index contributed by atoms with van der Waals surface area (Å²) in [7, 11) is 0. The molecule has 0 aliphatic heterocycles. The van der Waals surface area contributed by atoms with Gasteiger partial charge in [-0.25, -0.2) is 0 Å². The number of rotatable bonds is 3. The molecule has 1 aliphatic carbocycles. The number of aliphatic carboxylic acids is 1. The Labute approximate surface area is 127 Å². The van der Waals surface area contributed by atoms with E-state index >= 15 is 0 Å². The maximum Gasteiger partial charge on any atom is 0.306 e. The van der Waals surface area contributed by atoms with Gasteiger partial charge in [-0.05, 0) is 53.4 Å². The van der Waals surface area contributed by atoms with Crippen LogP contribution in [0.5, 0.6) is 0 Å². The van der Waals surface area contributed by atoms with Crippen LogP contribution in [-0.2, 0) is 4.79 Å². The van der Waals surface area contributed by atoms with Crippen molar-refractivity contribution >= 4 is 43.7 Å². The fourth-order valence-corrected chi connectivity index (χ4v) is 3.06. The number of carboxylic acids is 1. The SMILES string of the molecule is O=C(NC1CCC(C(=O)O)C1)c1cc(Br)ccc1Br. The number of benzene rings is 1. The summed E-state index contributed by atoms with van der Waals surface area (Å²) in [6.45, 7) is 0. The minimum Gasteiger partial charge on any atom is -0.481 e. The lowest BCUT2D eigenvalue weighted by atomic mass is 10.1. The molecule has 4 nitrogen and oxygen atoms in total. The Morgan fingerprint density at radius 1 is 1.26 bits per heavy atom. The molecule has 2 rings (SSSR count). The Kier molecular flexibility index (Phi) is 4.62. The molecule has 1 aliphatic rings. The summed E-state index contributed by atoms with van der Waals surface area (Å²) < 4.78 is 1.55. The Bertz CT molecular complexity index is 519. The quantitative estimate of drug-likeness (QED) is 0.832. The van der Waals surface area contributed by atoms with Crippen molar-refractivity contribution in [1.82, 2.24) is 5.32 Å². The molecule has 1 saturated carbocycles. The molecule has 0 spiro atoms. The van der Waals surface area contributed by atoms with Crippen LogP contribution in [0.1, 0.15) is 29.6 Å². The minimum absolute atomic E-state index is 0.0560. The molecule has 6 heteroatoms. The van der Waals surface area contributed by atoms with Crippen LogP contribution in [0.4, 0.5) is 0 Å². The molecule has 102 valence electrons. The predicted octanol–water partition coefficient (Wildman–Crippen LogP) is 3.19. The van der Waals surface area contributed by atoms with E-state index in [1.807, 2.05) is 6.07 Å². The Morgan fingerprint density at radius 2 is 2.00 bits per heavy atom. The van der Waals surface area contributed by atoms with Crippen molar-refractivity contribution in [3.8, 4) is 0 Å². The van der Waals surface area contributed by atoms with Gasteiger partial charge in [-0.2, -0.15) is 0 Å². The molecule has 0 heterocycles. The molecular formula is C13H13Br2NO3. The monoisotopic (exact) mass is 389 g/mol. The van der Waals surface area contributed by atoms with Crippen LogP contribution in [0.2, 0.25) is 0 Å². The third kappa shape index (κ3) is 3.57. The molecule has 0 bridgehead atoms. The van der Waals surface area contributed by atoms with Gasteiger partial charge >= 0.3 is 5.97 Å². The lowest BCUT2D eigenvalue weighted by Crippen LogP contribution is -2.33. The molecule has 0 saturated heterocycles. The predicted molar refractivity (Wildman–Crippen MR) is 78.1 cm³/mol. The first-order valence-corrected chi connectivity index (χ1v) is 7.54. The minimum atomic E-state index is -0.777. The zero-order valence-electron chi connectivity index (χ0n) is 10.0. The summed E-state index contributed by atoms with van der Waals surface area (Å²) in [5, 5.41) is 11.8. The number of amides is 1. The van der Waals surface area contributed by atoms with Crippen LogP contribution in [0.3, 0.4) is 0 Å². The van der Waals surface area contributed by atoms with E-state index in [9.17, 15) is 9.59 Å². The number of halogens is 2. The van der Waals surface area contributed by atoms with E-state index in [0.29, 0.717) is 24.8 Å². The highest BCUT2D eigenvalue weighted by Gasteiger charge is 2.30. The van der Waals surface area contributed by atoms with Crippen molar-refractivity contribution in [1.29, 1.82) is 0 Å². The molecule has 1 amide bonds. The van der Waals surface area contributed by atoms with Gasteiger partial charge in [0, 0.05) is 15.0 Å². The first-order chi connectivity index (χ1) is 8.97. The highest BCUT2D eigenvalue weighted by molar-refractivity contribution is 9.11. The first-order valence-electron chi connectivity index (χ1n) is 5.96. The van der Waals surface area contributed by atoms with E-state index in [1.54, 1.807) is 12.1 Å². The van der Waals surface area contributed by atoms with E-state index < -0.39 is 5.97 Å². The van der Waals surface area contributed by atoms with Gasteiger partial charge in [-0.1, -0.05) is 15.9 Å². The average Bonchev–Trinajstić information content (AvgIpc) is 2.80. The molecule has 19 heavy (non-hydrogen) atoms. The van der Waals surface area contributed by atoms with Crippen LogP contribution >= 0.6 is 31.9 Å². The third-order valence-electron chi connectivity index (χ3n) is 3.29. The van der Waals surface area contributed by atoms with Gasteiger partial charge in [-0.3, -0.25) is 9.59 Å². The molecule has 0 aromatic heterocycles. The van der Waals surface area contributed by atoms with Crippen LogP contribution < -0.4 is 5.32 Å². The summed E-state index contributed by atoms with van der Waals surface area (Å²) in [6.07, 6.45) is 1.85. The van der Waals surface area contributed by atoms with E-state index in [2.05, 4.69) is 37.2 Å². The molecule has 1 fully saturated rings. The molecular weight excluding hydrogens is 378 g/mol. The second kappa shape index (κ2) is 6.05. The first kappa shape index (κ1) is 14.5. The van der Waals surface area contributed by atoms with Crippen LogP contribution in [0, 0.1) is 5.92 Å². The zero-order chi connectivity index (χ0) is 14.0. The number of carbonyl (C=O) groups is 2. The molecule has 1 aromatic carbocycles. The molecule has 0 radical (unpaired) electrons. The smallest absolute Gasteiger partial charge is 0.306 e.